The van der Waals surface area contributed by atoms with Gasteiger partial charge in [0.1, 0.15) is 12.3 Å². The Kier molecular flexibility index (Phi) is 5.22. The van der Waals surface area contributed by atoms with Gasteiger partial charge in [-0.3, -0.25) is 19.7 Å². The number of nitro benzene ring substituents is 1. The van der Waals surface area contributed by atoms with Crippen LogP contribution in [0.1, 0.15) is 0 Å². The van der Waals surface area contributed by atoms with E-state index >= 15 is 0 Å². The minimum Gasteiger partial charge on any atom is -0.495 e. The number of rotatable bonds is 6. The lowest BCUT2D eigenvalue weighted by Crippen LogP contribution is -2.29. The van der Waals surface area contributed by atoms with E-state index in [0.717, 1.165) is 4.68 Å². The second-order valence-electron chi connectivity index (χ2n) is 6.47. The van der Waals surface area contributed by atoms with Crippen molar-refractivity contribution in [2.24, 2.45) is 0 Å². The molecule has 0 radical (unpaired) electrons. The first-order chi connectivity index (χ1) is 14.9. The predicted octanol–water partition coefficient (Wildman–Crippen LogP) is 2.19. The minimum absolute atomic E-state index is 0.113. The highest BCUT2D eigenvalue weighted by Gasteiger charge is 2.17. The van der Waals surface area contributed by atoms with Crippen LogP contribution in [0.15, 0.2) is 53.3 Å². The number of methoxy groups -OCH3 is 1. The van der Waals surface area contributed by atoms with Gasteiger partial charge < -0.3 is 19.5 Å². The molecule has 2 aromatic carbocycles. The summed E-state index contributed by atoms with van der Waals surface area (Å²) in [7, 11) is 1.37. The molecule has 4 rings (SSSR count). The first-order valence-electron chi connectivity index (χ1n) is 9.05. The first kappa shape index (κ1) is 19.9. The Morgan fingerprint density at radius 1 is 1.19 bits per heavy atom. The summed E-state index contributed by atoms with van der Waals surface area (Å²) < 4.78 is 16.8. The largest absolute Gasteiger partial charge is 0.495 e. The van der Waals surface area contributed by atoms with Crippen LogP contribution < -0.4 is 25.1 Å². The van der Waals surface area contributed by atoms with E-state index in [9.17, 15) is 19.7 Å². The Morgan fingerprint density at radius 3 is 2.77 bits per heavy atom. The van der Waals surface area contributed by atoms with E-state index in [4.69, 9.17) is 14.2 Å². The zero-order chi connectivity index (χ0) is 22.0. The van der Waals surface area contributed by atoms with Crippen LogP contribution in [0.3, 0.4) is 0 Å². The van der Waals surface area contributed by atoms with Crippen LogP contribution in [-0.2, 0) is 11.3 Å². The quantitative estimate of drug-likeness (QED) is 0.470. The van der Waals surface area contributed by atoms with E-state index in [0.29, 0.717) is 22.8 Å². The molecule has 11 nitrogen and oxygen atoms in total. The van der Waals surface area contributed by atoms with E-state index < -0.39 is 22.9 Å². The molecule has 2 heterocycles. The van der Waals surface area contributed by atoms with Gasteiger partial charge in [0.2, 0.25) is 12.7 Å². The Bertz CT molecular complexity index is 1240. The second-order valence-corrected chi connectivity index (χ2v) is 6.47. The number of hydrogen-bond acceptors (Lipinski definition) is 8. The summed E-state index contributed by atoms with van der Waals surface area (Å²) in [6.07, 6.45) is 0. The number of nitrogens with zero attached hydrogens (tertiary/aromatic N) is 3. The Morgan fingerprint density at radius 2 is 2.00 bits per heavy atom. The van der Waals surface area contributed by atoms with Crippen molar-refractivity contribution in [3.8, 4) is 28.5 Å². The Balaban J connectivity index is 1.56. The normalized spacial score (nSPS) is 11.8. The zero-order valence-corrected chi connectivity index (χ0v) is 16.2. The number of anilines is 1. The molecule has 0 fully saturated rings. The third kappa shape index (κ3) is 4.15. The van der Waals surface area contributed by atoms with E-state index in [-0.39, 0.29) is 23.9 Å². The number of benzene rings is 2. The molecule has 1 aliphatic heterocycles. The van der Waals surface area contributed by atoms with Crippen molar-refractivity contribution in [1.29, 1.82) is 0 Å². The molecular formula is C20H16N4O7. The average molecular weight is 424 g/mol. The summed E-state index contributed by atoms with van der Waals surface area (Å²) in [6.45, 7) is -0.268. The van der Waals surface area contributed by atoms with Gasteiger partial charge in [-0.25, -0.2) is 4.68 Å². The number of amides is 1. The molecule has 0 bridgehead atoms. The molecule has 1 amide bonds. The maximum absolute atomic E-state index is 12.5. The SMILES string of the molecule is COc1ccc([N+](=O)[O-])cc1NC(=O)Cn1nc(-c2ccc3c(c2)OCO3)ccc1=O. The maximum atomic E-state index is 12.5. The highest BCUT2D eigenvalue weighted by molar-refractivity contribution is 5.92. The van der Waals surface area contributed by atoms with Gasteiger partial charge in [0, 0.05) is 23.8 Å². The van der Waals surface area contributed by atoms with Crippen LogP contribution in [0.25, 0.3) is 11.3 Å². The van der Waals surface area contributed by atoms with Crippen molar-refractivity contribution in [2.45, 2.75) is 6.54 Å². The number of carbonyl (C=O) groups is 1. The van der Waals surface area contributed by atoms with Gasteiger partial charge in [-0.1, -0.05) is 0 Å². The summed E-state index contributed by atoms with van der Waals surface area (Å²) >= 11 is 0. The topological polar surface area (TPSA) is 135 Å². The van der Waals surface area contributed by atoms with Crippen molar-refractivity contribution in [3.63, 3.8) is 0 Å². The lowest BCUT2D eigenvalue weighted by Gasteiger charge is -2.11. The molecule has 0 unspecified atom stereocenters. The van der Waals surface area contributed by atoms with E-state index in [1.807, 2.05) is 0 Å². The lowest BCUT2D eigenvalue weighted by atomic mass is 10.1. The summed E-state index contributed by atoms with van der Waals surface area (Å²) in [6, 6.07) is 11.9. The molecule has 0 spiro atoms. The van der Waals surface area contributed by atoms with Gasteiger partial charge in [0.15, 0.2) is 11.5 Å². The number of nitrogens with one attached hydrogen (secondary N) is 1. The molecule has 1 aromatic heterocycles. The second kappa shape index (κ2) is 8.14. The molecular weight excluding hydrogens is 408 g/mol. The van der Waals surface area contributed by atoms with Gasteiger partial charge in [0.25, 0.3) is 11.2 Å². The van der Waals surface area contributed by atoms with E-state index in [1.165, 1.54) is 37.4 Å². The monoisotopic (exact) mass is 424 g/mol. The number of ether oxygens (including phenoxy) is 3. The molecule has 1 aliphatic rings. The van der Waals surface area contributed by atoms with Crippen LogP contribution in [-0.4, -0.2) is 34.5 Å². The Hall–Kier alpha value is -4.41. The zero-order valence-electron chi connectivity index (χ0n) is 16.2. The smallest absolute Gasteiger partial charge is 0.271 e. The third-order valence-corrected chi connectivity index (χ3v) is 4.50. The summed E-state index contributed by atoms with van der Waals surface area (Å²) in [4.78, 5) is 35.1. The predicted molar refractivity (Wildman–Crippen MR) is 108 cm³/mol. The molecule has 1 N–H and O–H groups in total. The summed E-state index contributed by atoms with van der Waals surface area (Å²) in [5.74, 6) is 0.819. The van der Waals surface area contributed by atoms with Crippen LogP contribution >= 0.6 is 0 Å². The third-order valence-electron chi connectivity index (χ3n) is 4.50. The van der Waals surface area contributed by atoms with Gasteiger partial charge in [0.05, 0.1) is 23.4 Å². The molecule has 3 aromatic rings. The summed E-state index contributed by atoms with van der Waals surface area (Å²) in [5, 5.41) is 17.8. The number of nitro groups is 1. The fraction of sp³-hybridized carbons (Fsp3) is 0.150. The van der Waals surface area contributed by atoms with Crippen molar-refractivity contribution in [3.05, 3.63) is 69.0 Å². The maximum Gasteiger partial charge on any atom is 0.271 e. The molecule has 31 heavy (non-hydrogen) atoms. The fourth-order valence-electron chi connectivity index (χ4n) is 3.00. The van der Waals surface area contributed by atoms with Gasteiger partial charge >= 0.3 is 0 Å². The number of hydrogen-bond donors (Lipinski definition) is 1. The van der Waals surface area contributed by atoms with E-state index in [1.54, 1.807) is 18.2 Å². The van der Waals surface area contributed by atoms with E-state index in [2.05, 4.69) is 10.4 Å². The number of non-ortho nitro benzene ring substituents is 1. The van der Waals surface area contributed by atoms with Gasteiger partial charge in [-0.2, -0.15) is 5.10 Å². The van der Waals surface area contributed by atoms with Crippen LogP contribution in [0.4, 0.5) is 11.4 Å². The number of fused-ring (bicyclic) bond motifs is 1. The van der Waals surface area contributed by atoms with Crippen LogP contribution in [0, 0.1) is 10.1 Å². The molecule has 11 heteroatoms. The molecule has 0 saturated carbocycles. The standard InChI is InChI=1S/C20H16N4O7/c1-29-16-6-3-13(24(27)28)9-15(16)21-19(25)10-23-20(26)7-4-14(22-23)12-2-5-17-18(8-12)31-11-30-17/h2-9H,10-11H2,1H3,(H,21,25). The van der Waals surface area contributed by atoms with Crippen molar-refractivity contribution in [1.82, 2.24) is 9.78 Å². The fourth-order valence-corrected chi connectivity index (χ4v) is 3.00. The lowest BCUT2D eigenvalue weighted by molar-refractivity contribution is -0.384. The average Bonchev–Trinajstić information content (AvgIpc) is 3.23. The van der Waals surface area contributed by atoms with Crippen molar-refractivity contribution in [2.75, 3.05) is 19.2 Å². The molecule has 0 atom stereocenters. The van der Waals surface area contributed by atoms with Crippen molar-refractivity contribution < 1.29 is 23.9 Å². The first-order valence-corrected chi connectivity index (χ1v) is 9.05. The minimum atomic E-state index is -0.601. The van der Waals surface area contributed by atoms with Gasteiger partial charge in [-0.05, 0) is 30.3 Å². The number of aromatic nitrogens is 2. The van der Waals surface area contributed by atoms with Crippen molar-refractivity contribution >= 4 is 17.3 Å². The Labute approximate surface area is 174 Å². The number of carbonyl (C=O) groups excluding carboxylic acids is 1. The van der Waals surface area contributed by atoms with Gasteiger partial charge in [-0.15, -0.1) is 0 Å². The van der Waals surface area contributed by atoms with Crippen LogP contribution in [0.2, 0.25) is 0 Å². The summed E-state index contributed by atoms with van der Waals surface area (Å²) in [5.41, 5.74) is 0.556. The highest BCUT2D eigenvalue weighted by Crippen LogP contribution is 2.35. The molecule has 0 saturated heterocycles. The van der Waals surface area contributed by atoms with Crippen LogP contribution in [0.5, 0.6) is 17.2 Å². The molecule has 0 aliphatic carbocycles. The molecule has 158 valence electrons. The highest BCUT2D eigenvalue weighted by atomic mass is 16.7.